The van der Waals surface area contributed by atoms with Crippen LogP contribution in [-0.4, -0.2) is 36.9 Å². The Hall–Kier alpha value is -3.66. The van der Waals surface area contributed by atoms with Crippen molar-refractivity contribution in [3.63, 3.8) is 0 Å². The molecule has 2 fully saturated rings. The molecule has 2 aromatic rings. The number of aromatic nitrogens is 1. The molecule has 7 nitrogen and oxygen atoms in total. The van der Waals surface area contributed by atoms with E-state index >= 15 is 0 Å². The van der Waals surface area contributed by atoms with E-state index in [0.29, 0.717) is 23.4 Å². The standard InChI is InChI=1S/C24H23N5O2/c1-26-24(31)20-13-27-22(28-23(30)14-6-7-14)18-11-15(10-17(18)20)16-4-2-5-21(19(16)12-25)29-8-3-9-29/h2,4-5,10,13-14H,3,6-9,11H2,1H3,(H,26,31)(H,27,28,30). The van der Waals surface area contributed by atoms with Crippen LogP contribution in [0, 0.1) is 17.2 Å². The summed E-state index contributed by atoms with van der Waals surface area (Å²) in [5.74, 6) is 0.316. The van der Waals surface area contributed by atoms with Crippen LogP contribution in [-0.2, 0) is 11.2 Å². The van der Waals surface area contributed by atoms with Crippen molar-refractivity contribution in [2.45, 2.75) is 25.7 Å². The maximum Gasteiger partial charge on any atom is 0.253 e. The molecule has 31 heavy (non-hydrogen) atoms. The molecular formula is C24H23N5O2. The second kappa shape index (κ2) is 7.55. The van der Waals surface area contributed by atoms with E-state index in [0.717, 1.165) is 60.3 Å². The first-order valence-corrected chi connectivity index (χ1v) is 10.6. The molecule has 156 valence electrons. The first kappa shape index (κ1) is 19.3. The highest BCUT2D eigenvalue weighted by molar-refractivity contribution is 6.05. The minimum Gasteiger partial charge on any atom is -0.370 e. The third-order valence-corrected chi connectivity index (χ3v) is 6.27. The van der Waals surface area contributed by atoms with E-state index in [1.807, 2.05) is 24.3 Å². The highest BCUT2D eigenvalue weighted by Gasteiger charge is 2.32. The Bertz CT molecular complexity index is 1170. The number of pyridine rings is 1. The molecule has 0 radical (unpaired) electrons. The summed E-state index contributed by atoms with van der Waals surface area (Å²) in [5.41, 5.74) is 5.47. The van der Waals surface area contributed by atoms with Gasteiger partial charge in [-0.25, -0.2) is 4.98 Å². The largest absolute Gasteiger partial charge is 0.370 e. The van der Waals surface area contributed by atoms with E-state index < -0.39 is 0 Å². The minimum absolute atomic E-state index is 0.0201. The number of carbonyl (C=O) groups is 2. The predicted octanol–water partition coefficient (Wildman–Crippen LogP) is 2.97. The monoisotopic (exact) mass is 413 g/mol. The van der Waals surface area contributed by atoms with Crippen molar-refractivity contribution in [2.24, 2.45) is 5.92 Å². The maximum absolute atomic E-state index is 12.5. The van der Waals surface area contributed by atoms with Gasteiger partial charge in [-0.05, 0) is 48.1 Å². The summed E-state index contributed by atoms with van der Waals surface area (Å²) in [6.45, 7) is 1.92. The van der Waals surface area contributed by atoms with Gasteiger partial charge in [-0.3, -0.25) is 9.59 Å². The second-order valence-electron chi connectivity index (χ2n) is 8.25. The number of benzene rings is 1. The van der Waals surface area contributed by atoms with Crippen molar-refractivity contribution in [1.29, 1.82) is 5.26 Å². The summed E-state index contributed by atoms with van der Waals surface area (Å²) in [5, 5.41) is 15.5. The summed E-state index contributed by atoms with van der Waals surface area (Å²) in [6.07, 6.45) is 6.93. The van der Waals surface area contributed by atoms with E-state index in [9.17, 15) is 14.9 Å². The lowest BCUT2D eigenvalue weighted by atomic mass is 9.96. The van der Waals surface area contributed by atoms with Crippen molar-refractivity contribution in [3.05, 3.63) is 52.2 Å². The second-order valence-corrected chi connectivity index (χ2v) is 8.25. The summed E-state index contributed by atoms with van der Waals surface area (Å²) in [6, 6.07) is 8.30. The van der Waals surface area contributed by atoms with Crippen molar-refractivity contribution < 1.29 is 9.59 Å². The number of carbonyl (C=O) groups excluding carboxylic acids is 2. The van der Waals surface area contributed by atoms with E-state index in [-0.39, 0.29) is 17.7 Å². The summed E-state index contributed by atoms with van der Waals surface area (Å²) in [7, 11) is 1.58. The average Bonchev–Trinajstić information content (AvgIpc) is 3.50. The molecule has 5 rings (SSSR count). The Labute approximate surface area is 180 Å². The normalized spacial score (nSPS) is 16.6. The van der Waals surface area contributed by atoms with Crippen LogP contribution >= 0.6 is 0 Å². The van der Waals surface area contributed by atoms with Gasteiger partial charge in [0.25, 0.3) is 5.91 Å². The topological polar surface area (TPSA) is 98.1 Å². The third kappa shape index (κ3) is 3.34. The molecule has 1 saturated carbocycles. The fourth-order valence-corrected chi connectivity index (χ4v) is 4.23. The zero-order chi connectivity index (χ0) is 21.5. The van der Waals surface area contributed by atoms with E-state index in [2.05, 4.69) is 26.6 Å². The Balaban J connectivity index is 1.57. The number of nitrogens with zero attached hydrogens (tertiary/aromatic N) is 3. The van der Waals surface area contributed by atoms with Gasteiger partial charge >= 0.3 is 0 Å². The van der Waals surface area contributed by atoms with Gasteiger partial charge in [0.15, 0.2) is 0 Å². The molecule has 2 amide bonds. The fraction of sp³-hybridized carbons (Fsp3) is 0.333. The fourth-order valence-electron chi connectivity index (χ4n) is 4.23. The number of rotatable bonds is 5. The van der Waals surface area contributed by atoms with Gasteiger partial charge in [-0.2, -0.15) is 5.26 Å². The Morgan fingerprint density at radius 1 is 1.26 bits per heavy atom. The molecule has 1 aromatic carbocycles. The lowest BCUT2D eigenvalue weighted by Crippen LogP contribution is -2.37. The molecule has 0 unspecified atom stereocenters. The smallest absolute Gasteiger partial charge is 0.253 e. The van der Waals surface area contributed by atoms with Crippen LogP contribution in [0.3, 0.4) is 0 Å². The Morgan fingerprint density at radius 2 is 2.06 bits per heavy atom. The lowest BCUT2D eigenvalue weighted by Gasteiger charge is -2.34. The number of hydrogen-bond acceptors (Lipinski definition) is 5. The lowest BCUT2D eigenvalue weighted by molar-refractivity contribution is -0.117. The van der Waals surface area contributed by atoms with E-state index in [1.54, 1.807) is 7.05 Å². The number of fused-ring (bicyclic) bond motifs is 1. The van der Waals surface area contributed by atoms with Crippen LogP contribution in [0.2, 0.25) is 0 Å². The maximum atomic E-state index is 12.5. The summed E-state index contributed by atoms with van der Waals surface area (Å²) in [4.78, 5) is 31.4. The molecule has 0 spiro atoms. The number of amides is 2. The average molecular weight is 413 g/mol. The van der Waals surface area contributed by atoms with Crippen molar-refractivity contribution in [1.82, 2.24) is 10.3 Å². The van der Waals surface area contributed by atoms with Crippen molar-refractivity contribution in [3.8, 4) is 6.07 Å². The van der Waals surface area contributed by atoms with Gasteiger partial charge in [0.05, 0.1) is 16.8 Å². The van der Waals surface area contributed by atoms with E-state index in [1.165, 1.54) is 6.20 Å². The van der Waals surface area contributed by atoms with Gasteiger partial charge < -0.3 is 15.5 Å². The first-order valence-electron chi connectivity index (χ1n) is 10.6. The summed E-state index contributed by atoms with van der Waals surface area (Å²) < 4.78 is 0. The van der Waals surface area contributed by atoms with Crippen molar-refractivity contribution >= 4 is 35.0 Å². The molecule has 0 bridgehead atoms. The quantitative estimate of drug-likeness (QED) is 0.785. The molecule has 2 N–H and O–H groups in total. The van der Waals surface area contributed by atoms with Crippen LogP contribution in [0.25, 0.3) is 11.6 Å². The third-order valence-electron chi connectivity index (χ3n) is 6.27. The van der Waals surface area contributed by atoms with Gasteiger partial charge in [0.1, 0.15) is 11.9 Å². The molecule has 1 saturated heterocycles. The van der Waals surface area contributed by atoms with Crippen LogP contribution < -0.4 is 15.5 Å². The number of nitrogens with one attached hydrogen (secondary N) is 2. The molecular weight excluding hydrogens is 390 g/mol. The molecule has 3 aliphatic rings. The Morgan fingerprint density at radius 3 is 2.71 bits per heavy atom. The van der Waals surface area contributed by atoms with Crippen LogP contribution in [0.5, 0.6) is 0 Å². The van der Waals surface area contributed by atoms with Crippen LogP contribution in [0.1, 0.15) is 51.9 Å². The molecule has 7 heteroatoms. The summed E-state index contributed by atoms with van der Waals surface area (Å²) >= 11 is 0. The molecule has 0 atom stereocenters. The number of hydrogen-bond donors (Lipinski definition) is 2. The van der Waals surface area contributed by atoms with Crippen LogP contribution in [0.4, 0.5) is 11.5 Å². The van der Waals surface area contributed by atoms with Crippen LogP contribution in [0.15, 0.2) is 24.4 Å². The predicted molar refractivity (Wildman–Crippen MR) is 119 cm³/mol. The SMILES string of the molecule is CNC(=O)c1cnc(NC(=O)C2CC2)c2c1C=C(c1cccc(N3CCC3)c1C#N)C2. The zero-order valence-corrected chi connectivity index (χ0v) is 17.4. The number of allylic oxidation sites excluding steroid dienone is 1. The van der Waals surface area contributed by atoms with Gasteiger partial charge in [-0.1, -0.05) is 12.1 Å². The van der Waals surface area contributed by atoms with E-state index in [4.69, 9.17) is 0 Å². The Kier molecular flexibility index (Phi) is 4.70. The van der Waals surface area contributed by atoms with Gasteiger partial charge in [0, 0.05) is 44.2 Å². The number of anilines is 2. The molecule has 1 aromatic heterocycles. The zero-order valence-electron chi connectivity index (χ0n) is 17.4. The highest BCUT2D eigenvalue weighted by Crippen LogP contribution is 2.40. The highest BCUT2D eigenvalue weighted by atomic mass is 16.2. The van der Waals surface area contributed by atoms with Crippen molar-refractivity contribution in [2.75, 3.05) is 30.4 Å². The number of nitriles is 1. The first-order chi connectivity index (χ1) is 15.1. The molecule has 2 aliphatic carbocycles. The minimum atomic E-state index is -0.226. The molecule has 1 aliphatic heterocycles. The molecule has 2 heterocycles. The van der Waals surface area contributed by atoms with Gasteiger partial charge in [-0.15, -0.1) is 0 Å². The van der Waals surface area contributed by atoms with Gasteiger partial charge in [0.2, 0.25) is 5.91 Å².